The van der Waals surface area contributed by atoms with Crippen molar-refractivity contribution in [3.05, 3.63) is 10.5 Å². The Balaban J connectivity index is -0.0000000412. The van der Waals surface area contributed by atoms with E-state index in [1.165, 1.54) is 0 Å². The average Bonchev–Trinajstić information content (AvgIpc) is 1.33. The van der Waals surface area contributed by atoms with Gasteiger partial charge in [0.05, 0.1) is 0 Å². The van der Waals surface area contributed by atoms with Crippen molar-refractivity contribution in [3.63, 3.8) is 0 Å². The SMILES string of the molecule is [Cl][Os]([Cl])([Cl])([Cl])[Cl].[Cs+].[Cs+].[N-]=O. The minimum Gasteiger partial charge on any atom is -0.577 e. The largest absolute Gasteiger partial charge is 1.00 e. The van der Waals surface area contributed by atoms with Crippen LogP contribution >= 0.6 is 48.2 Å². The van der Waals surface area contributed by atoms with Crippen LogP contribution in [0.25, 0.3) is 5.59 Å². The number of hydrogen-bond donors (Lipinski definition) is 0. The van der Waals surface area contributed by atoms with Crippen molar-refractivity contribution in [2.45, 2.75) is 0 Å². The molecule has 0 atom stereocenters. The Kier molecular flexibility index (Phi) is 28.0. The number of nitroso groups, excluding NO2 is 1. The molecule has 10 heavy (non-hydrogen) atoms. The minimum absolute atomic E-state index is 0. The quantitative estimate of drug-likeness (QED) is 0.290. The van der Waals surface area contributed by atoms with E-state index in [-0.39, 0.29) is 138 Å². The van der Waals surface area contributed by atoms with E-state index < -0.39 is 8.83 Å². The molecule has 0 aromatic carbocycles. The van der Waals surface area contributed by atoms with E-state index >= 15 is 0 Å². The molecular weight excluding hydrogens is 663 g/mol. The van der Waals surface area contributed by atoms with Crippen molar-refractivity contribution >= 4 is 48.2 Å². The van der Waals surface area contributed by atoms with Crippen LogP contribution in [0, 0.1) is 4.91 Å². The molecule has 0 aliphatic heterocycles. The van der Waals surface area contributed by atoms with Gasteiger partial charge in [-0.05, 0) is 0 Å². The van der Waals surface area contributed by atoms with Gasteiger partial charge in [0.15, 0.2) is 0 Å². The Labute approximate surface area is 198 Å². The van der Waals surface area contributed by atoms with Crippen molar-refractivity contribution < 1.29 is 147 Å². The first-order chi connectivity index (χ1) is 3.24. The van der Waals surface area contributed by atoms with E-state index in [0.717, 1.165) is 0 Å². The maximum absolute atomic E-state index is 7.25. The molecule has 0 N–H and O–H groups in total. The molecule has 0 bridgehead atoms. The fourth-order valence-corrected chi connectivity index (χ4v) is 0. The van der Waals surface area contributed by atoms with Crippen molar-refractivity contribution in [2.75, 3.05) is 0 Å². The molecule has 0 aliphatic rings. The van der Waals surface area contributed by atoms with Gasteiger partial charge in [-0.25, -0.2) is 0 Å². The third kappa shape index (κ3) is 67.3. The molecule has 0 aromatic heterocycles. The van der Waals surface area contributed by atoms with Gasteiger partial charge in [0, 0.05) is 0 Å². The van der Waals surface area contributed by atoms with Crippen LogP contribution < -0.4 is 138 Å². The zero-order valence-electron chi connectivity index (χ0n) is 5.10. The van der Waals surface area contributed by atoms with Crippen LogP contribution in [0.3, 0.4) is 0 Å². The van der Waals surface area contributed by atoms with Crippen molar-refractivity contribution in [3.8, 4) is 0 Å². The standard InChI is InChI=1S/5ClH.2Cs.NO.Os/c;;;;;;;1-2;/h5*1H;;;;/q;;;;;2*+1;-1;+5/p-5. The van der Waals surface area contributed by atoms with Gasteiger partial charge < -0.3 is 10.5 Å². The summed E-state index contributed by atoms with van der Waals surface area (Å²) in [6.07, 6.45) is 0. The molecule has 0 radical (unpaired) electrons. The van der Waals surface area contributed by atoms with Crippen molar-refractivity contribution in [1.82, 2.24) is 0 Å². The van der Waals surface area contributed by atoms with E-state index in [4.69, 9.17) is 58.7 Å². The normalized spacial score (nSPS) is 11.9. The topological polar surface area (TPSA) is 39.4 Å². The van der Waals surface area contributed by atoms with Gasteiger partial charge in [0.2, 0.25) is 0 Å². The van der Waals surface area contributed by atoms with E-state index in [9.17, 15) is 0 Å². The molecule has 0 aromatic rings. The first kappa shape index (κ1) is 24.8. The zero-order chi connectivity index (χ0) is 7.45. The molecule has 55 valence electrons. The molecule has 0 saturated carbocycles. The number of rotatable bonds is 0. The molecule has 0 unspecified atom stereocenters. The second-order valence-corrected chi connectivity index (χ2v) is 37.2. The van der Waals surface area contributed by atoms with Crippen LogP contribution in [0.2, 0.25) is 0 Å². The predicted molar refractivity (Wildman–Crippen MR) is 36.0 cm³/mol. The monoisotopic (exact) mass is 663 g/mol. The summed E-state index contributed by atoms with van der Waals surface area (Å²) < 4.78 is 0. The second kappa shape index (κ2) is 11.3. The van der Waals surface area contributed by atoms with Gasteiger partial charge in [-0.15, -0.1) is 0 Å². The summed E-state index contributed by atoms with van der Waals surface area (Å²) in [7, 11) is 20.9. The minimum atomic E-state index is -4.29. The molecule has 0 amide bonds. The summed E-state index contributed by atoms with van der Waals surface area (Å²) in [4.78, 5) is 7.25. The summed E-state index contributed by atoms with van der Waals surface area (Å²) in [6, 6.07) is 0. The Bertz CT molecular complexity index is 62.5. The smallest absolute Gasteiger partial charge is 0.577 e. The Morgan fingerprint density at radius 2 is 0.800 bits per heavy atom. The van der Waals surface area contributed by atoms with Gasteiger partial charge in [0.1, 0.15) is 0 Å². The van der Waals surface area contributed by atoms with Crippen molar-refractivity contribution in [2.24, 2.45) is 0 Å². The molecule has 0 saturated heterocycles. The van der Waals surface area contributed by atoms with E-state index in [0.29, 0.717) is 0 Å². The summed E-state index contributed by atoms with van der Waals surface area (Å²) in [6.45, 7) is 0. The number of nitrogens with zero attached hydrogens (tertiary/aromatic N) is 1. The summed E-state index contributed by atoms with van der Waals surface area (Å²) >= 11 is 0. The van der Waals surface area contributed by atoms with Crippen LogP contribution in [0.15, 0.2) is 0 Å². The van der Waals surface area contributed by atoms with Crippen LogP contribution in [0.4, 0.5) is 0 Å². The number of hydrogen-bond acceptors (Lipinski definition) is 1. The molecule has 0 rings (SSSR count). The van der Waals surface area contributed by atoms with E-state index in [1.54, 1.807) is 0 Å². The zero-order valence-corrected chi connectivity index (χ0v) is 24.0. The van der Waals surface area contributed by atoms with Gasteiger partial charge in [-0.2, -0.15) is 0 Å². The first-order valence-corrected chi connectivity index (χ1v) is 16.6. The van der Waals surface area contributed by atoms with Crippen LogP contribution in [-0.4, -0.2) is 0 Å². The molecule has 0 aliphatic carbocycles. The first-order valence-electron chi connectivity index (χ1n) is 0.851. The molecule has 0 spiro atoms. The Morgan fingerprint density at radius 3 is 0.800 bits per heavy atom. The third-order valence-corrected chi connectivity index (χ3v) is 0. The molecular formula is Cl5Cs2NOOs+. The van der Waals surface area contributed by atoms with Gasteiger partial charge in [-0.3, -0.25) is 0 Å². The van der Waals surface area contributed by atoms with Crippen LogP contribution in [0.1, 0.15) is 0 Å². The Morgan fingerprint density at radius 1 is 0.800 bits per heavy atom. The van der Waals surface area contributed by atoms with E-state index in [2.05, 4.69) is 0 Å². The van der Waals surface area contributed by atoms with Gasteiger partial charge >= 0.3 is 195 Å². The predicted octanol–water partition coefficient (Wildman–Crippen LogP) is -2.22. The maximum Gasteiger partial charge on any atom is 1.00 e. The molecule has 0 fully saturated rings. The van der Waals surface area contributed by atoms with Gasteiger partial charge in [-0.1, -0.05) is 0 Å². The Hall–Kier alpha value is 5.79. The summed E-state index contributed by atoms with van der Waals surface area (Å²) in [5, 5.41) is 0. The molecule has 10 heteroatoms. The maximum atomic E-state index is 7.25. The second-order valence-electron chi connectivity index (χ2n) is 0.505. The summed E-state index contributed by atoms with van der Waals surface area (Å²) in [5.41, 5.74) is 5.75. The van der Waals surface area contributed by atoms with Crippen LogP contribution in [-0.2, 0) is 8.83 Å². The van der Waals surface area contributed by atoms with Crippen LogP contribution in [0.5, 0.6) is 0 Å². The molecule has 0 heterocycles. The average molecular weight is 663 g/mol. The third-order valence-electron chi connectivity index (χ3n) is 0. The number of halogens is 5. The van der Waals surface area contributed by atoms with Gasteiger partial charge in [0.25, 0.3) is 0 Å². The van der Waals surface area contributed by atoms with E-state index in [1.807, 2.05) is 0 Å². The summed E-state index contributed by atoms with van der Waals surface area (Å²) in [5.74, 6) is 0. The molecule has 2 nitrogen and oxygen atoms in total. The fourth-order valence-electron chi connectivity index (χ4n) is 0. The fraction of sp³-hybridized carbons (Fsp3) is 0. The van der Waals surface area contributed by atoms with Crippen molar-refractivity contribution in [1.29, 1.82) is 0 Å².